The van der Waals surface area contributed by atoms with Gasteiger partial charge in [-0.15, -0.1) is 0 Å². The summed E-state index contributed by atoms with van der Waals surface area (Å²) >= 11 is 6.22. The highest BCUT2D eigenvalue weighted by Gasteiger charge is 2.16. The predicted octanol–water partition coefficient (Wildman–Crippen LogP) is 4.42. The Morgan fingerprint density at radius 3 is 2.42 bits per heavy atom. The van der Waals surface area contributed by atoms with Gasteiger partial charge in [0, 0.05) is 18.3 Å². The maximum Gasteiger partial charge on any atom is 0.258 e. The molecular weight excluding hydrogens is 322 g/mol. The van der Waals surface area contributed by atoms with E-state index in [1.165, 1.54) is 0 Å². The average molecular weight is 340 g/mol. The van der Waals surface area contributed by atoms with Gasteiger partial charge < -0.3 is 4.90 Å². The lowest BCUT2D eigenvalue weighted by molar-refractivity contribution is 0.0993. The summed E-state index contributed by atoms with van der Waals surface area (Å²) in [5.41, 5.74) is 3.89. The Balaban J connectivity index is 1.96. The number of aromatic nitrogens is 2. The van der Waals surface area contributed by atoms with Crippen molar-refractivity contribution in [3.8, 4) is 5.69 Å². The van der Waals surface area contributed by atoms with Crippen LogP contribution >= 0.6 is 11.6 Å². The van der Waals surface area contributed by atoms with Crippen molar-refractivity contribution < 1.29 is 4.79 Å². The summed E-state index contributed by atoms with van der Waals surface area (Å²) in [6.45, 7) is 3.77. The minimum absolute atomic E-state index is 0.0734. The van der Waals surface area contributed by atoms with Crippen LogP contribution < -0.4 is 4.90 Å². The first-order valence-corrected chi connectivity index (χ1v) is 8.02. The summed E-state index contributed by atoms with van der Waals surface area (Å²) in [6.07, 6.45) is 0. The molecule has 1 amide bonds. The molecule has 0 aliphatic rings. The van der Waals surface area contributed by atoms with Crippen LogP contribution in [0.5, 0.6) is 0 Å². The number of benzene rings is 2. The highest BCUT2D eigenvalue weighted by Crippen LogP contribution is 2.23. The second-order valence-electron chi connectivity index (χ2n) is 5.65. The SMILES string of the molecule is Cc1nn(-c2cccc(C(=O)N(C)c3ccccc3)c2)c(C)c1Cl. The largest absolute Gasteiger partial charge is 0.311 e. The number of hydrogen-bond acceptors (Lipinski definition) is 2. The van der Waals surface area contributed by atoms with Gasteiger partial charge in [0.25, 0.3) is 5.91 Å². The quantitative estimate of drug-likeness (QED) is 0.708. The molecule has 0 aliphatic heterocycles. The molecule has 1 heterocycles. The smallest absolute Gasteiger partial charge is 0.258 e. The third-order valence-electron chi connectivity index (χ3n) is 3.99. The molecule has 2 aromatic carbocycles. The predicted molar refractivity (Wildman–Crippen MR) is 97.2 cm³/mol. The Bertz CT molecular complexity index is 887. The lowest BCUT2D eigenvalue weighted by Crippen LogP contribution is -2.26. The van der Waals surface area contributed by atoms with Crippen LogP contribution in [0.3, 0.4) is 0 Å². The molecule has 0 fully saturated rings. The third-order valence-corrected chi connectivity index (χ3v) is 4.54. The first-order valence-electron chi connectivity index (χ1n) is 7.64. The summed E-state index contributed by atoms with van der Waals surface area (Å²) in [5.74, 6) is -0.0734. The van der Waals surface area contributed by atoms with Crippen LogP contribution in [-0.2, 0) is 0 Å². The number of amides is 1. The molecule has 3 rings (SSSR count). The molecule has 0 radical (unpaired) electrons. The van der Waals surface area contributed by atoms with Gasteiger partial charge in [-0.2, -0.15) is 5.10 Å². The molecular formula is C19H18ClN3O. The Morgan fingerprint density at radius 1 is 1.08 bits per heavy atom. The molecule has 0 aliphatic carbocycles. The molecule has 1 aromatic heterocycles. The normalized spacial score (nSPS) is 10.7. The molecule has 0 saturated heterocycles. The summed E-state index contributed by atoms with van der Waals surface area (Å²) in [5, 5.41) is 5.09. The van der Waals surface area contributed by atoms with Crippen molar-refractivity contribution in [2.24, 2.45) is 0 Å². The minimum Gasteiger partial charge on any atom is -0.311 e. The Morgan fingerprint density at radius 2 is 1.79 bits per heavy atom. The lowest BCUT2D eigenvalue weighted by atomic mass is 10.1. The summed E-state index contributed by atoms with van der Waals surface area (Å²) in [4.78, 5) is 14.4. The van der Waals surface area contributed by atoms with Crippen LogP contribution in [0.15, 0.2) is 54.6 Å². The van der Waals surface area contributed by atoms with Crippen molar-refractivity contribution in [1.82, 2.24) is 9.78 Å². The van der Waals surface area contributed by atoms with Crippen LogP contribution in [0.1, 0.15) is 21.7 Å². The number of nitrogens with zero attached hydrogens (tertiary/aromatic N) is 3. The van der Waals surface area contributed by atoms with Gasteiger partial charge in [-0.1, -0.05) is 35.9 Å². The Labute approximate surface area is 146 Å². The van der Waals surface area contributed by atoms with Crippen molar-refractivity contribution >= 4 is 23.2 Å². The molecule has 5 heteroatoms. The van der Waals surface area contributed by atoms with Crippen LogP contribution in [0.4, 0.5) is 5.69 Å². The number of carbonyl (C=O) groups excluding carboxylic acids is 1. The van der Waals surface area contributed by atoms with E-state index < -0.39 is 0 Å². The number of halogens is 1. The van der Waals surface area contributed by atoms with Crippen molar-refractivity contribution in [3.05, 3.63) is 76.6 Å². The van der Waals surface area contributed by atoms with E-state index in [-0.39, 0.29) is 5.91 Å². The van der Waals surface area contributed by atoms with Gasteiger partial charge in [0.05, 0.1) is 22.1 Å². The molecule has 0 unspecified atom stereocenters. The second-order valence-corrected chi connectivity index (χ2v) is 6.02. The number of carbonyl (C=O) groups is 1. The molecule has 0 saturated carbocycles. The summed E-state index contributed by atoms with van der Waals surface area (Å²) in [6, 6.07) is 17.0. The van der Waals surface area contributed by atoms with Gasteiger partial charge in [-0.3, -0.25) is 4.79 Å². The number of rotatable bonds is 3. The molecule has 0 N–H and O–H groups in total. The van der Waals surface area contributed by atoms with Gasteiger partial charge in [0.15, 0.2) is 0 Å². The van der Waals surface area contributed by atoms with Crippen LogP contribution in [0.2, 0.25) is 5.02 Å². The summed E-state index contributed by atoms with van der Waals surface area (Å²) < 4.78 is 1.76. The molecule has 0 bridgehead atoms. The third kappa shape index (κ3) is 2.93. The zero-order valence-electron chi connectivity index (χ0n) is 13.8. The molecule has 122 valence electrons. The number of hydrogen-bond donors (Lipinski definition) is 0. The van der Waals surface area contributed by atoms with Crippen molar-refractivity contribution in [2.75, 3.05) is 11.9 Å². The zero-order valence-corrected chi connectivity index (χ0v) is 14.6. The molecule has 4 nitrogen and oxygen atoms in total. The molecule has 0 spiro atoms. The van der Waals surface area contributed by atoms with Gasteiger partial charge in [0.1, 0.15) is 0 Å². The fraction of sp³-hybridized carbons (Fsp3) is 0.158. The minimum atomic E-state index is -0.0734. The fourth-order valence-corrected chi connectivity index (χ4v) is 2.73. The van der Waals surface area contributed by atoms with Crippen LogP contribution in [-0.4, -0.2) is 22.7 Å². The number of para-hydroxylation sites is 1. The van der Waals surface area contributed by atoms with Crippen molar-refractivity contribution in [2.45, 2.75) is 13.8 Å². The van der Waals surface area contributed by atoms with Crippen molar-refractivity contribution in [3.63, 3.8) is 0 Å². The topological polar surface area (TPSA) is 38.1 Å². The standard InChI is InChI=1S/C19H18ClN3O/c1-13-18(20)14(2)23(21-13)17-11-7-8-15(12-17)19(24)22(3)16-9-5-4-6-10-16/h4-12H,1-3H3. The number of anilines is 1. The monoisotopic (exact) mass is 339 g/mol. The number of aryl methyl sites for hydroxylation is 1. The highest BCUT2D eigenvalue weighted by atomic mass is 35.5. The fourth-order valence-electron chi connectivity index (χ4n) is 2.61. The Hall–Kier alpha value is -2.59. The van der Waals surface area contributed by atoms with Crippen molar-refractivity contribution in [1.29, 1.82) is 0 Å². The van der Waals surface area contributed by atoms with E-state index in [1.807, 2.05) is 62.4 Å². The van der Waals surface area contributed by atoms with Crippen LogP contribution in [0, 0.1) is 13.8 Å². The van der Waals surface area contributed by atoms with Gasteiger partial charge >= 0.3 is 0 Å². The van der Waals surface area contributed by atoms with E-state index in [0.29, 0.717) is 10.6 Å². The van der Waals surface area contributed by atoms with Gasteiger partial charge in [-0.05, 0) is 44.2 Å². The Kier molecular flexibility index (Phi) is 4.40. The molecule has 24 heavy (non-hydrogen) atoms. The first kappa shape index (κ1) is 16.3. The second kappa shape index (κ2) is 6.49. The van der Waals surface area contributed by atoms with E-state index in [2.05, 4.69) is 5.10 Å². The van der Waals surface area contributed by atoms with E-state index in [1.54, 1.807) is 22.7 Å². The van der Waals surface area contributed by atoms with Gasteiger partial charge in [-0.25, -0.2) is 4.68 Å². The summed E-state index contributed by atoms with van der Waals surface area (Å²) in [7, 11) is 1.77. The van der Waals surface area contributed by atoms with E-state index in [9.17, 15) is 4.79 Å². The average Bonchev–Trinajstić information content (AvgIpc) is 2.89. The first-order chi connectivity index (χ1) is 11.5. The van der Waals surface area contributed by atoms with E-state index in [0.717, 1.165) is 22.8 Å². The van der Waals surface area contributed by atoms with E-state index >= 15 is 0 Å². The molecule has 3 aromatic rings. The zero-order chi connectivity index (χ0) is 17.3. The maximum absolute atomic E-state index is 12.8. The molecule has 0 atom stereocenters. The van der Waals surface area contributed by atoms with Gasteiger partial charge in [0.2, 0.25) is 0 Å². The highest BCUT2D eigenvalue weighted by molar-refractivity contribution is 6.31. The lowest BCUT2D eigenvalue weighted by Gasteiger charge is -2.17. The van der Waals surface area contributed by atoms with E-state index in [4.69, 9.17) is 11.6 Å². The maximum atomic E-state index is 12.8. The van der Waals surface area contributed by atoms with Crippen LogP contribution in [0.25, 0.3) is 5.69 Å².